The highest BCUT2D eigenvalue weighted by Gasteiger charge is 2.28. The fourth-order valence-corrected chi connectivity index (χ4v) is 2.30. The highest BCUT2D eigenvalue weighted by molar-refractivity contribution is 5.65. The molecule has 1 aliphatic heterocycles. The second-order valence-electron chi connectivity index (χ2n) is 4.91. The van der Waals surface area contributed by atoms with E-state index in [2.05, 4.69) is 15.1 Å². The van der Waals surface area contributed by atoms with Gasteiger partial charge in [-0.05, 0) is 18.9 Å². The summed E-state index contributed by atoms with van der Waals surface area (Å²) in [6.07, 6.45) is 5.23. The molecule has 3 heterocycles. The molecular formula is C13H15N5O4. The molecule has 2 aromatic heterocycles. The molecule has 1 fully saturated rings. The van der Waals surface area contributed by atoms with Crippen molar-refractivity contribution in [3.05, 3.63) is 35.4 Å². The molecule has 0 bridgehead atoms. The summed E-state index contributed by atoms with van der Waals surface area (Å²) in [5.74, 6) is 0.0521. The second kappa shape index (κ2) is 6.06. The quantitative estimate of drug-likeness (QED) is 0.736. The van der Waals surface area contributed by atoms with E-state index in [1.54, 1.807) is 12.3 Å². The molecule has 1 saturated heterocycles. The van der Waals surface area contributed by atoms with Gasteiger partial charge in [0.1, 0.15) is 25.5 Å². The summed E-state index contributed by atoms with van der Waals surface area (Å²) in [5, 5.41) is 3.92. The lowest BCUT2D eigenvalue weighted by Crippen LogP contribution is -2.28. The third-order valence-electron chi connectivity index (χ3n) is 3.34. The molecule has 3 rings (SSSR count). The zero-order valence-corrected chi connectivity index (χ0v) is 12.0. The maximum Gasteiger partial charge on any atom is 0.351 e. The molecule has 2 atom stereocenters. The molecule has 116 valence electrons. The van der Waals surface area contributed by atoms with Crippen molar-refractivity contribution in [3.8, 4) is 5.82 Å². The molecule has 2 aromatic rings. The Kier molecular flexibility index (Phi) is 3.96. The van der Waals surface area contributed by atoms with Gasteiger partial charge in [0.05, 0.1) is 6.10 Å². The fourth-order valence-electron chi connectivity index (χ4n) is 2.30. The van der Waals surface area contributed by atoms with Crippen LogP contribution >= 0.6 is 0 Å². The van der Waals surface area contributed by atoms with E-state index < -0.39 is 11.9 Å². The minimum atomic E-state index is -0.425. The Labute approximate surface area is 125 Å². The van der Waals surface area contributed by atoms with E-state index in [4.69, 9.17) is 9.47 Å². The molecule has 2 unspecified atom stereocenters. The van der Waals surface area contributed by atoms with Gasteiger partial charge in [-0.2, -0.15) is 10.1 Å². The molecule has 0 saturated carbocycles. The van der Waals surface area contributed by atoms with Gasteiger partial charge in [0, 0.05) is 13.1 Å². The molecule has 22 heavy (non-hydrogen) atoms. The minimum absolute atomic E-state index is 0.198. The summed E-state index contributed by atoms with van der Waals surface area (Å²) in [4.78, 5) is 30.7. The smallest absolute Gasteiger partial charge is 0.351 e. The van der Waals surface area contributed by atoms with E-state index in [-0.39, 0.29) is 18.7 Å². The van der Waals surface area contributed by atoms with Crippen molar-refractivity contribution in [1.82, 2.24) is 24.3 Å². The van der Waals surface area contributed by atoms with Gasteiger partial charge in [0.25, 0.3) is 0 Å². The summed E-state index contributed by atoms with van der Waals surface area (Å²) in [6.45, 7) is 1.55. The van der Waals surface area contributed by atoms with Crippen molar-refractivity contribution >= 4 is 5.97 Å². The Morgan fingerprint density at radius 1 is 1.50 bits per heavy atom. The van der Waals surface area contributed by atoms with Crippen LogP contribution in [0.3, 0.4) is 0 Å². The Bertz CT molecular complexity index is 711. The van der Waals surface area contributed by atoms with E-state index in [1.165, 1.54) is 28.8 Å². The van der Waals surface area contributed by atoms with Gasteiger partial charge >= 0.3 is 11.7 Å². The van der Waals surface area contributed by atoms with E-state index in [1.807, 2.05) is 0 Å². The van der Waals surface area contributed by atoms with Crippen LogP contribution in [0.15, 0.2) is 29.7 Å². The van der Waals surface area contributed by atoms with E-state index in [9.17, 15) is 9.59 Å². The maximum absolute atomic E-state index is 12.1. The van der Waals surface area contributed by atoms with Crippen LogP contribution in [-0.2, 0) is 14.3 Å². The first-order chi connectivity index (χ1) is 10.6. The van der Waals surface area contributed by atoms with Crippen LogP contribution in [0.25, 0.3) is 5.82 Å². The number of hydrogen-bond donors (Lipinski definition) is 0. The maximum atomic E-state index is 12.1. The largest absolute Gasteiger partial charge is 0.463 e. The standard InChI is InChI=1S/C13H15N5O4/c1-9(19)21-6-10-2-3-12(22-10)17-5-4-11(16-13(17)20)18-8-14-7-15-18/h4-5,7-8,10,12H,2-3,6H2,1H3. The Hall–Kier alpha value is -2.55. The van der Waals surface area contributed by atoms with Crippen LogP contribution in [-0.4, -0.2) is 43.0 Å². The van der Waals surface area contributed by atoms with Gasteiger partial charge in [0.15, 0.2) is 5.82 Å². The van der Waals surface area contributed by atoms with Crippen LogP contribution in [0.4, 0.5) is 0 Å². The second-order valence-corrected chi connectivity index (χ2v) is 4.91. The first kappa shape index (κ1) is 14.4. The average molecular weight is 305 g/mol. The van der Waals surface area contributed by atoms with Crippen LogP contribution in [0.2, 0.25) is 0 Å². The molecular weight excluding hydrogens is 290 g/mol. The van der Waals surface area contributed by atoms with Gasteiger partial charge in [-0.3, -0.25) is 9.36 Å². The van der Waals surface area contributed by atoms with Crippen molar-refractivity contribution < 1.29 is 14.3 Å². The molecule has 0 aromatic carbocycles. The first-order valence-electron chi connectivity index (χ1n) is 6.86. The lowest BCUT2D eigenvalue weighted by Gasteiger charge is -2.15. The van der Waals surface area contributed by atoms with Gasteiger partial charge in [-0.1, -0.05) is 0 Å². The monoisotopic (exact) mass is 305 g/mol. The summed E-state index contributed by atoms with van der Waals surface area (Å²) in [5.41, 5.74) is -0.425. The molecule has 9 heteroatoms. The predicted octanol–water partition coefficient (Wildman–Crippen LogP) is 0.0647. The molecule has 0 aliphatic carbocycles. The normalized spacial score (nSPS) is 21.0. The SMILES string of the molecule is CC(=O)OCC1CCC(n2ccc(-n3cncn3)nc2=O)O1. The zero-order chi connectivity index (χ0) is 15.5. The Morgan fingerprint density at radius 2 is 2.36 bits per heavy atom. The van der Waals surface area contributed by atoms with Crippen molar-refractivity contribution in [2.45, 2.75) is 32.1 Å². The van der Waals surface area contributed by atoms with Gasteiger partial charge in [-0.25, -0.2) is 14.5 Å². The van der Waals surface area contributed by atoms with Crippen LogP contribution < -0.4 is 5.69 Å². The lowest BCUT2D eigenvalue weighted by molar-refractivity contribution is -0.145. The highest BCUT2D eigenvalue weighted by Crippen LogP contribution is 2.27. The van der Waals surface area contributed by atoms with E-state index in [0.717, 1.165) is 6.42 Å². The van der Waals surface area contributed by atoms with Crippen molar-refractivity contribution in [3.63, 3.8) is 0 Å². The third-order valence-corrected chi connectivity index (χ3v) is 3.34. The summed E-state index contributed by atoms with van der Waals surface area (Å²) < 4.78 is 13.5. The predicted molar refractivity (Wildman–Crippen MR) is 73.2 cm³/mol. The minimum Gasteiger partial charge on any atom is -0.463 e. The molecule has 0 radical (unpaired) electrons. The van der Waals surface area contributed by atoms with Crippen LogP contribution in [0.5, 0.6) is 0 Å². The van der Waals surface area contributed by atoms with Gasteiger partial charge in [-0.15, -0.1) is 0 Å². The topological polar surface area (TPSA) is 101 Å². The molecule has 9 nitrogen and oxygen atoms in total. The number of aromatic nitrogens is 5. The van der Waals surface area contributed by atoms with Crippen molar-refractivity contribution in [1.29, 1.82) is 0 Å². The number of hydrogen-bond acceptors (Lipinski definition) is 7. The van der Waals surface area contributed by atoms with E-state index >= 15 is 0 Å². The van der Waals surface area contributed by atoms with E-state index in [0.29, 0.717) is 12.2 Å². The van der Waals surface area contributed by atoms with Crippen LogP contribution in [0, 0.1) is 0 Å². The Morgan fingerprint density at radius 3 is 3.05 bits per heavy atom. The molecule has 0 spiro atoms. The zero-order valence-electron chi connectivity index (χ0n) is 12.0. The first-order valence-corrected chi connectivity index (χ1v) is 6.86. The number of rotatable bonds is 4. The van der Waals surface area contributed by atoms with Gasteiger partial charge in [0.2, 0.25) is 0 Å². The molecule has 1 aliphatic rings. The summed E-state index contributed by atoms with van der Waals surface area (Å²) >= 11 is 0. The number of carbonyl (C=O) groups excluding carboxylic acids is 1. The van der Waals surface area contributed by atoms with Crippen molar-refractivity contribution in [2.75, 3.05) is 6.61 Å². The number of nitrogens with zero attached hydrogens (tertiary/aromatic N) is 5. The Balaban J connectivity index is 1.71. The highest BCUT2D eigenvalue weighted by atomic mass is 16.6. The number of ether oxygens (including phenoxy) is 2. The summed E-state index contributed by atoms with van der Waals surface area (Å²) in [7, 11) is 0. The molecule has 0 N–H and O–H groups in total. The fraction of sp³-hybridized carbons (Fsp3) is 0.462. The van der Waals surface area contributed by atoms with Gasteiger partial charge < -0.3 is 9.47 Å². The average Bonchev–Trinajstić information content (AvgIpc) is 3.16. The van der Waals surface area contributed by atoms with Crippen LogP contribution in [0.1, 0.15) is 26.0 Å². The lowest BCUT2D eigenvalue weighted by atomic mass is 10.2. The molecule has 0 amide bonds. The third kappa shape index (κ3) is 3.03. The number of carbonyl (C=O) groups is 1. The number of esters is 1. The summed E-state index contributed by atoms with van der Waals surface area (Å²) in [6, 6.07) is 1.67. The van der Waals surface area contributed by atoms with Crippen molar-refractivity contribution in [2.24, 2.45) is 0 Å².